The van der Waals surface area contributed by atoms with E-state index in [0.717, 1.165) is 25.9 Å². The number of carbonyl (C=O) groups is 2. The Labute approximate surface area is 234 Å². The molecule has 2 aromatic rings. The highest BCUT2D eigenvalue weighted by atomic mass is 19.1. The molecule has 0 radical (unpaired) electrons. The number of carbonyl (C=O) groups excluding carboxylic acids is 2. The predicted octanol–water partition coefficient (Wildman–Crippen LogP) is 2.82. The Morgan fingerprint density at radius 1 is 1.25 bits per heavy atom. The van der Waals surface area contributed by atoms with E-state index < -0.39 is 11.4 Å². The van der Waals surface area contributed by atoms with Crippen molar-refractivity contribution in [2.24, 2.45) is 5.41 Å². The SMILES string of the molecule is CCN(C(=O)c1cc(F)ccc1Oc1cncnc1N1CC2(CCN(C(=O)[C@@H]3CC(C)(O)CN3)CC2)C1)C(C)C. The Hall–Kier alpha value is -3.31. The number of anilines is 1. The zero-order valence-electron chi connectivity index (χ0n) is 23.7. The molecular formula is C29H39FN6O4. The first-order chi connectivity index (χ1) is 19.0. The number of hydrogen-bond acceptors (Lipinski definition) is 8. The number of likely N-dealkylation sites (tertiary alicyclic amines) is 1. The van der Waals surface area contributed by atoms with Gasteiger partial charge in [0.15, 0.2) is 11.6 Å². The highest BCUT2D eigenvalue weighted by Gasteiger charge is 2.48. The summed E-state index contributed by atoms with van der Waals surface area (Å²) in [4.78, 5) is 40.5. The summed E-state index contributed by atoms with van der Waals surface area (Å²) in [6.07, 6.45) is 5.24. The third-order valence-corrected chi connectivity index (χ3v) is 8.43. The number of ether oxygens (including phenoxy) is 1. The van der Waals surface area contributed by atoms with Gasteiger partial charge in [-0.1, -0.05) is 0 Å². The first kappa shape index (κ1) is 28.2. The van der Waals surface area contributed by atoms with Gasteiger partial charge in [-0.15, -0.1) is 0 Å². The van der Waals surface area contributed by atoms with Crippen LogP contribution in [-0.2, 0) is 4.79 Å². The molecule has 2 N–H and O–H groups in total. The second-order valence-corrected chi connectivity index (χ2v) is 12.0. The number of aromatic nitrogens is 2. The van der Waals surface area contributed by atoms with Crippen molar-refractivity contribution >= 4 is 17.6 Å². The van der Waals surface area contributed by atoms with Crippen molar-refractivity contribution in [3.05, 3.63) is 42.1 Å². The topological polar surface area (TPSA) is 111 Å². The van der Waals surface area contributed by atoms with Gasteiger partial charge in [0, 0.05) is 57.1 Å². The van der Waals surface area contributed by atoms with Crippen LogP contribution in [0.15, 0.2) is 30.7 Å². The highest BCUT2D eigenvalue weighted by molar-refractivity contribution is 5.97. The van der Waals surface area contributed by atoms with Gasteiger partial charge >= 0.3 is 0 Å². The Bertz CT molecular complexity index is 1250. The molecule has 3 saturated heterocycles. The lowest BCUT2D eigenvalue weighted by Gasteiger charge is -2.54. The maximum atomic E-state index is 14.2. The summed E-state index contributed by atoms with van der Waals surface area (Å²) in [6, 6.07) is 3.58. The summed E-state index contributed by atoms with van der Waals surface area (Å²) in [5, 5.41) is 13.4. The third-order valence-electron chi connectivity index (χ3n) is 8.43. The second kappa shape index (κ2) is 10.9. The van der Waals surface area contributed by atoms with Crippen LogP contribution in [0.5, 0.6) is 11.5 Å². The van der Waals surface area contributed by atoms with Crippen LogP contribution in [0.3, 0.4) is 0 Å². The molecule has 10 nitrogen and oxygen atoms in total. The van der Waals surface area contributed by atoms with E-state index in [2.05, 4.69) is 20.2 Å². The van der Waals surface area contributed by atoms with Gasteiger partial charge in [-0.25, -0.2) is 14.4 Å². The van der Waals surface area contributed by atoms with Crippen molar-refractivity contribution in [1.29, 1.82) is 0 Å². The monoisotopic (exact) mass is 554 g/mol. The van der Waals surface area contributed by atoms with E-state index in [-0.39, 0.29) is 40.6 Å². The lowest BCUT2D eigenvalue weighted by molar-refractivity contribution is -0.136. The number of aliphatic hydroxyl groups is 1. The molecule has 40 heavy (non-hydrogen) atoms. The van der Waals surface area contributed by atoms with Gasteiger partial charge in [-0.3, -0.25) is 9.59 Å². The number of benzene rings is 1. The van der Waals surface area contributed by atoms with Crippen molar-refractivity contribution in [2.45, 2.75) is 64.6 Å². The minimum Gasteiger partial charge on any atom is -0.451 e. The second-order valence-electron chi connectivity index (χ2n) is 12.0. The maximum absolute atomic E-state index is 14.2. The van der Waals surface area contributed by atoms with Crippen LogP contribution in [0.25, 0.3) is 0 Å². The quantitative estimate of drug-likeness (QED) is 0.538. The molecule has 0 bridgehead atoms. The van der Waals surface area contributed by atoms with E-state index in [1.54, 1.807) is 18.0 Å². The van der Waals surface area contributed by atoms with Crippen LogP contribution in [0.4, 0.5) is 10.2 Å². The molecule has 5 rings (SSSR count). The number of nitrogens with zero attached hydrogens (tertiary/aromatic N) is 5. The van der Waals surface area contributed by atoms with Gasteiger partial charge < -0.3 is 29.9 Å². The highest BCUT2D eigenvalue weighted by Crippen LogP contribution is 2.45. The molecule has 1 unspecified atom stereocenters. The Kier molecular flexibility index (Phi) is 7.71. The van der Waals surface area contributed by atoms with Crippen molar-refractivity contribution in [3.8, 4) is 11.5 Å². The number of amides is 2. The molecule has 1 spiro atoms. The molecule has 216 valence electrons. The van der Waals surface area contributed by atoms with Gasteiger partial charge in [-0.2, -0.15) is 0 Å². The molecule has 0 aliphatic carbocycles. The standard InChI is InChI=1S/C29H39FN6O4/c1-5-36(19(2)3)26(37)21-12-20(30)6-7-23(21)40-24-14-31-18-33-25(24)35-16-29(17-35)8-10-34(11-9-29)27(38)22-13-28(4,39)15-32-22/h6-7,12,14,18-19,22,32,39H,5,8-11,13,15-17H2,1-4H3/t22-,28?/m0/s1. The van der Waals surface area contributed by atoms with E-state index in [1.807, 2.05) is 25.7 Å². The van der Waals surface area contributed by atoms with E-state index in [9.17, 15) is 19.1 Å². The largest absolute Gasteiger partial charge is 0.451 e. The van der Waals surface area contributed by atoms with Gasteiger partial charge in [0.2, 0.25) is 5.91 Å². The van der Waals surface area contributed by atoms with E-state index in [0.29, 0.717) is 44.2 Å². The number of piperidine rings is 1. The molecule has 4 heterocycles. The van der Waals surface area contributed by atoms with Crippen LogP contribution < -0.4 is 15.0 Å². The molecule has 1 aromatic heterocycles. The summed E-state index contributed by atoms with van der Waals surface area (Å²) in [5.74, 6) is 0.532. The third kappa shape index (κ3) is 5.62. The number of rotatable bonds is 7. The minimum atomic E-state index is -0.838. The van der Waals surface area contributed by atoms with Crippen molar-refractivity contribution in [2.75, 3.05) is 44.2 Å². The zero-order valence-corrected chi connectivity index (χ0v) is 23.7. The van der Waals surface area contributed by atoms with Crippen molar-refractivity contribution < 1.29 is 23.8 Å². The van der Waals surface area contributed by atoms with Crippen LogP contribution in [0, 0.1) is 11.2 Å². The Morgan fingerprint density at radius 2 is 1.98 bits per heavy atom. The van der Waals surface area contributed by atoms with E-state index >= 15 is 0 Å². The number of halogens is 1. The van der Waals surface area contributed by atoms with Crippen LogP contribution in [-0.4, -0.2) is 93.6 Å². The molecule has 1 aromatic carbocycles. The minimum absolute atomic E-state index is 0.0486. The first-order valence-corrected chi connectivity index (χ1v) is 14.1. The Balaban J connectivity index is 1.25. The summed E-state index contributed by atoms with van der Waals surface area (Å²) in [6.45, 7) is 11.3. The molecule has 3 fully saturated rings. The van der Waals surface area contributed by atoms with Gasteiger partial charge in [0.1, 0.15) is 17.9 Å². The Morgan fingerprint density at radius 3 is 2.60 bits per heavy atom. The van der Waals surface area contributed by atoms with Crippen LogP contribution in [0.2, 0.25) is 0 Å². The van der Waals surface area contributed by atoms with Gasteiger partial charge in [0.05, 0.1) is 23.4 Å². The van der Waals surface area contributed by atoms with Gasteiger partial charge in [-0.05, 0) is 58.7 Å². The number of hydrogen-bond donors (Lipinski definition) is 2. The fourth-order valence-electron chi connectivity index (χ4n) is 6.15. The molecule has 0 saturated carbocycles. The maximum Gasteiger partial charge on any atom is 0.257 e. The predicted molar refractivity (Wildman–Crippen MR) is 148 cm³/mol. The summed E-state index contributed by atoms with van der Waals surface area (Å²) in [5.41, 5.74) is -0.598. The normalized spacial score (nSPS) is 23.8. The average molecular weight is 555 g/mol. The van der Waals surface area contributed by atoms with Crippen LogP contribution in [0.1, 0.15) is 57.3 Å². The van der Waals surface area contributed by atoms with Crippen LogP contribution >= 0.6 is 0 Å². The van der Waals surface area contributed by atoms with Gasteiger partial charge in [0.25, 0.3) is 5.91 Å². The van der Waals surface area contributed by atoms with E-state index in [4.69, 9.17) is 4.74 Å². The van der Waals surface area contributed by atoms with Crippen molar-refractivity contribution in [3.63, 3.8) is 0 Å². The van der Waals surface area contributed by atoms with E-state index in [1.165, 1.54) is 24.5 Å². The lowest BCUT2D eigenvalue weighted by atomic mass is 9.72. The fourth-order valence-corrected chi connectivity index (χ4v) is 6.15. The lowest BCUT2D eigenvalue weighted by Crippen LogP contribution is -2.62. The molecule has 2 atom stereocenters. The summed E-state index contributed by atoms with van der Waals surface area (Å²) in [7, 11) is 0. The first-order valence-electron chi connectivity index (χ1n) is 14.1. The summed E-state index contributed by atoms with van der Waals surface area (Å²) < 4.78 is 20.4. The molecule has 3 aliphatic rings. The molecule has 11 heteroatoms. The zero-order chi connectivity index (χ0) is 28.7. The molecule has 3 aliphatic heterocycles. The number of nitrogens with one attached hydrogen (secondary N) is 1. The summed E-state index contributed by atoms with van der Waals surface area (Å²) >= 11 is 0. The smallest absolute Gasteiger partial charge is 0.257 e. The molecule has 2 amide bonds. The average Bonchev–Trinajstić information content (AvgIpc) is 3.28. The number of β-amino-alcohol motifs (C(OH)–C–C–N with tert-alkyl or cyclic N) is 1. The molecular weight excluding hydrogens is 515 g/mol. The fraction of sp³-hybridized carbons (Fsp3) is 0.586. The van der Waals surface area contributed by atoms with Crippen molar-refractivity contribution in [1.82, 2.24) is 25.1 Å².